The first kappa shape index (κ1) is 16.2. The maximum atomic E-state index is 10.2. The van der Waals surface area contributed by atoms with Crippen molar-refractivity contribution in [1.29, 1.82) is 0 Å². The van der Waals surface area contributed by atoms with Crippen LogP contribution >= 0.6 is 11.3 Å². The zero-order chi connectivity index (χ0) is 14.5. The van der Waals surface area contributed by atoms with Gasteiger partial charge in [-0.25, -0.2) is 0 Å². The molecule has 1 aromatic rings. The molecule has 19 heavy (non-hydrogen) atoms. The van der Waals surface area contributed by atoms with E-state index in [0.717, 1.165) is 22.9 Å². The molecule has 0 aliphatic carbocycles. The molecule has 1 rings (SSSR count). The van der Waals surface area contributed by atoms with Crippen LogP contribution in [0.5, 0.6) is 5.88 Å². The van der Waals surface area contributed by atoms with E-state index in [1.165, 1.54) is 0 Å². The van der Waals surface area contributed by atoms with Crippen molar-refractivity contribution < 1.29 is 9.84 Å². The van der Waals surface area contributed by atoms with Gasteiger partial charge in [-0.05, 0) is 12.8 Å². The Kier molecular flexibility index (Phi) is 6.03. The quantitative estimate of drug-likeness (QED) is 0.764. The first-order valence-electron chi connectivity index (χ1n) is 6.60. The average Bonchev–Trinajstić information content (AvgIpc) is 2.82. The van der Waals surface area contributed by atoms with Crippen molar-refractivity contribution in [3.8, 4) is 5.88 Å². The number of nitrogens with zero attached hydrogens (tertiary/aromatic N) is 2. The molecule has 0 saturated heterocycles. The molecule has 0 aromatic carbocycles. The molecule has 2 N–H and O–H groups in total. The molecule has 1 heterocycles. The first-order valence-corrected chi connectivity index (χ1v) is 7.41. The molecular formula is C13H25N3O2S. The summed E-state index contributed by atoms with van der Waals surface area (Å²) in [6.45, 7) is 5.25. The highest BCUT2D eigenvalue weighted by atomic mass is 32.1. The van der Waals surface area contributed by atoms with Gasteiger partial charge in [-0.3, -0.25) is 0 Å². The van der Waals surface area contributed by atoms with Gasteiger partial charge in [0.25, 0.3) is 0 Å². The minimum atomic E-state index is -0.623. The summed E-state index contributed by atoms with van der Waals surface area (Å²) in [5, 5.41) is 14.4. The Bertz CT molecular complexity index is 389. The number of thiazole rings is 1. The number of nitrogens with one attached hydrogen (secondary N) is 1. The van der Waals surface area contributed by atoms with Gasteiger partial charge in [0.15, 0.2) is 5.13 Å². The second-order valence-electron chi connectivity index (χ2n) is 4.86. The van der Waals surface area contributed by atoms with Crippen LogP contribution in [0.1, 0.15) is 31.6 Å². The molecule has 0 fully saturated rings. The molecule has 1 aromatic heterocycles. The molecule has 0 unspecified atom stereocenters. The van der Waals surface area contributed by atoms with Crippen molar-refractivity contribution in [2.45, 2.75) is 38.8 Å². The number of rotatable bonds is 8. The monoisotopic (exact) mass is 287 g/mol. The maximum Gasteiger partial charge on any atom is 0.230 e. The fraction of sp³-hybridized carbons (Fsp3) is 0.769. The maximum absolute atomic E-state index is 10.2. The van der Waals surface area contributed by atoms with Gasteiger partial charge in [0, 0.05) is 27.2 Å². The topological polar surface area (TPSA) is 57.6 Å². The van der Waals surface area contributed by atoms with E-state index in [-0.39, 0.29) is 0 Å². The molecule has 0 atom stereocenters. The molecule has 0 aliphatic rings. The zero-order valence-electron chi connectivity index (χ0n) is 12.5. The summed E-state index contributed by atoms with van der Waals surface area (Å²) in [6, 6.07) is 0. The van der Waals surface area contributed by atoms with Crippen LogP contribution in [0, 0.1) is 0 Å². The number of anilines is 1. The summed E-state index contributed by atoms with van der Waals surface area (Å²) in [7, 11) is 5.55. The van der Waals surface area contributed by atoms with Gasteiger partial charge < -0.3 is 20.1 Å². The van der Waals surface area contributed by atoms with Crippen molar-refractivity contribution in [2.75, 3.05) is 32.6 Å². The molecular weight excluding hydrogens is 262 g/mol. The SMILES string of the molecule is CCC(O)(CC)CNCc1sc(N(C)C)nc1OC. The van der Waals surface area contributed by atoms with Crippen molar-refractivity contribution in [3.63, 3.8) is 0 Å². The number of aromatic nitrogens is 1. The molecule has 0 bridgehead atoms. The highest BCUT2D eigenvalue weighted by Crippen LogP contribution is 2.30. The molecule has 0 amide bonds. The number of hydrogen-bond acceptors (Lipinski definition) is 6. The lowest BCUT2D eigenvalue weighted by molar-refractivity contribution is 0.0323. The summed E-state index contributed by atoms with van der Waals surface area (Å²) in [6.07, 6.45) is 1.50. The second-order valence-corrected chi connectivity index (χ2v) is 5.92. The molecule has 6 heteroatoms. The van der Waals surface area contributed by atoms with E-state index < -0.39 is 5.60 Å². The van der Waals surface area contributed by atoms with Crippen LogP contribution in [-0.2, 0) is 6.54 Å². The largest absolute Gasteiger partial charge is 0.480 e. The van der Waals surface area contributed by atoms with Crippen molar-refractivity contribution in [1.82, 2.24) is 10.3 Å². The summed E-state index contributed by atoms with van der Waals surface area (Å²) in [4.78, 5) is 7.42. The van der Waals surface area contributed by atoms with Crippen molar-refractivity contribution >= 4 is 16.5 Å². The van der Waals surface area contributed by atoms with Crippen LogP contribution in [0.25, 0.3) is 0 Å². The molecule has 0 aliphatic heterocycles. The third-order valence-electron chi connectivity index (χ3n) is 3.28. The molecule has 110 valence electrons. The summed E-state index contributed by atoms with van der Waals surface area (Å²) < 4.78 is 5.28. The fourth-order valence-corrected chi connectivity index (χ4v) is 2.62. The van der Waals surface area contributed by atoms with E-state index in [4.69, 9.17) is 4.74 Å². The highest BCUT2D eigenvalue weighted by Gasteiger charge is 2.22. The van der Waals surface area contributed by atoms with Crippen LogP contribution in [-0.4, -0.2) is 43.4 Å². The number of ether oxygens (including phenoxy) is 1. The summed E-state index contributed by atoms with van der Waals surface area (Å²) in [5.41, 5.74) is -0.623. The van der Waals surface area contributed by atoms with Gasteiger partial charge in [-0.2, -0.15) is 4.98 Å². The normalized spacial score (nSPS) is 11.7. The standard InChI is InChI=1S/C13H25N3O2S/c1-6-13(17,7-2)9-14-8-10-11(18-5)15-12(19-10)16(3)4/h14,17H,6-9H2,1-5H3. The minimum absolute atomic E-state index is 0.582. The van der Waals surface area contributed by atoms with Crippen LogP contribution < -0.4 is 15.0 Å². The van der Waals surface area contributed by atoms with E-state index >= 15 is 0 Å². The van der Waals surface area contributed by atoms with E-state index in [2.05, 4.69) is 10.3 Å². The summed E-state index contributed by atoms with van der Waals surface area (Å²) >= 11 is 1.60. The lowest BCUT2D eigenvalue weighted by Gasteiger charge is -2.25. The van der Waals surface area contributed by atoms with Crippen LogP contribution in [0.4, 0.5) is 5.13 Å². The van der Waals surface area contributed by atoms with E-state index in [9.17, 15) is 5.11 Å². The Labute approximate surface area is 119 Å². The van der Waals surface area contributed by atoms with E-state index in [0.29, 0.717) is 19.0 Å². The number of hydrogen-bond donors (Lipinski definition) is 2. The van der Waals surface area contributed by atoms with Gasteiger partial charge in [0.1, 0.15) is 0 Å². The molecule has 0 radical (unpaired) electrons. The number of methoxy groups -OCH3 is 1. The Morgan fingerprint density at radius 2 is 2.00 bits per heavy atom. The number of aliphatic hydroxyl groups is 1. The lowest BCUT2D eigenvalue weighted by atomic mass is 9.98. The fourth-order valence-electron chi connectivity index (χ4n) is 1.70. The first-order chi connectivity index (χ1) is 8.95. The predicted molar refractivity (Wildman–Crippen MR) is 80.2 cm³/mol. The summed E-state index contributed by atoms with van der Waals surface area (Å²) in [5.74, 6) is 0.665. The third-order valence-corrected chi connectivity index (χ3v) is 4.49. The van der Waals surface area contributed by atoms with Gasteiger partial charge in [0.2, 0.25) is 5.88 Å². The van der Waals surface area contributed by atoms with E-state index in [1.54, 1.807) is 18.4 Å². The van der Waals surface area contributed by atoms with Crippen LogP contribution in [0.2, 0.25) is 0 Å². The lowest BCUT2D eigenvalue weighted by Crippen LogP contribution is -2.39. The predicted octanol–water partition coefficient (Wildman–Crippen LogP) is 1.86. The average molecular weight is 287 g/mol. The third kappa shape index (κ3) is 4.33. The molecule has 5 nitrogen and oxygen atoms in total. The van der Waals surface area contributed by atoms with Crippen LogP contribution in [0.3, 0.4) is 0 Å². The molecule has 0 spiro atoms. The van der Waals surface area contributed by atoms with Gasteiger partial charge in [-0.15, -0.1) is 0 Å². The van der Waals surface area contributed by atoms with Crippen LogP contribution in [0.15, 0.2) is 0 Å². The van der Waals surface area contributed by atoms with E-state index in [1.807, 2.05) is 32.8 Å². The zero-order valence-corrected chi connectivity index (χ0v) is 13.3. The highest BCUT2D eigenvalue weighted by molar-refractivity contribution is 7.15. The Morgan fingerprint density at radius 3 is 2.47 bits per heavy atom. The van der Waals surface area contributed by atoms with Crippen molar-refractivity contribution in [3.05, 3.63) is 4.88 Å². The van der Waals surface area contributed by atoms with Gasteiger partial charge in [-0.1, -0.05) is 25.2 Å². The smallest absolute Gasteiger partial charge is 0.230 e. The van der Waals surface area contributed by atoms with Gasteiger partial charge in [0.05, 0.1) is 17.6 Å². The Morgan fingerprint density at radius 1 is 1.37 bits per heavy atom. The van der Waals surface area contributed by atoms with Crippen molar-refractivity contribution in [2.24, 2.45) is 0 Å². The molecule has 0 saturated carbocycles. The second kappa shape index (κ2) is 7.07. The Balaban J connectivity index is 2.62. The Hall–Kier alpha value is -0.850. The van der Waals surface area contributed by atoms with Gasteiger partial charge >= 0.3 is 0 Å². The minimum Gasteiger partial charge on any atom is -0.480 e.